The van der Waals surface area contributed by atoms with Gasteiger partial charge >= 0.3 is 0 Å². The molecule has 1 heterocycles. The Balaban J connectivity index is 2.40. The normalized spacial score (nSPS) is 27.0. The molecule has 0 aromatic rings. The molecule has 1 aliphatic heterocycles. The van der Waals surface area contributed by atoms with Crippen molar-refractivity contribution in [2.75, 3.05) is 19.6 Å². The Hall–Kier alpha value is -0.0800. The molecule has 1 fully saturated rings. The van der Waals surface area contributed by atoms with Crippen LogP contribution in [-0.2, 0) is 0 Å². The molecule has 0 aromatic carbocycles. The van der Waals surface area contributed by atoms with Crippen LogP contribution >= 0.6 is 0 Å². The van der Waals surface area contributed by atoms with E-state index < -0.39 is 0 Å². The minimum Gasteiger partial charge on any atom is -0.311 e. The quantitative estimate of drug-likeness (QED) is 0.767. The van der Waals surface area contributed by atoms with E-state index in [1.807, 2.05) is 0 Å². The van der Waals surface area contributed by atoms with Gasteiger partial charge in [-0.05, 0) is 37.6 Å². The van der Waals surface area contributed by atoms with Gasteiger partial charge in [-0.1, -0.05) is 34.6 Å². The Bertz CT molecular complexity index is 201. The zero-order valence-corrected chi connectivity index (χ0v) is 12.5. The molecule has 102 valence electrons. The first-order valence-electron chi connectivity index (χ1n) is 7.52. The monoisotopic (exact) mass is 240 g/mol. The summed E-state index contributed by atoms with van der Waals surface area (Å²) in [7, 11) is 0. The molecule has 2 unspecified atom stereocenters. The molecular formula is C15H32N2. The first-order chi connectivity index (χ1) is 8.04. The van der Waals surface area contributed by atoms with Crippen molar-refractivity contribution >= 4 is 0 Å². The summed E-state index contributed by atoms with van der Waals surface area (Å²) in [6, 6.07) is 1.45. The second kappa shape index (κ2) is 7.38. The van der Waals surface area contributed by atoms with Gasteiger partial charge in [-0.3, -0.25) is 4.90 Å². The summed E-state index contributed by atoms with van der Waals surface area (Å²) in [5, 5.41) is 3.71. The zero-order valence-electron chi connectivity index (χ0n) is 12.5. The van der Waals surface area contributed by atoms with Crippen molar-refractivity contribution < 1.29 is 0 Å². The van der Waals surface area contributed by atoms with E-state index in [0.717, 1.165) is 17.9 Å². The molecule has 2 atom stereocenters. The van der Waals surface area contributed by atoms with Crippen LogP contribution in [0.2, 0.25) is 0 Å². The second-order valence-corrected chi connectivity index (χ2v) is 6.35. The van der Waals surface area contributed by atoms with E-state index in [4.69, 9.17) is 0 Å². The second-order valence-electron chi connectivity index (χ2n) is 6.35. The Kier molecular flexibility index (Phi) is 6.50. The smallest absolute Gasteiger partial charge is 0.0218 e. The molecule has 0 spiro atoms. The predicted octanol–water partition coefficient (Wildman–Crippen LogP) is 3.13. The third-order valence-electron chi connectivity index (χ3n) is 4.07. The van der Waals surface area contributed by atoms with E-state index in [2.05, 4.69) is 44.8 Å². The van der Waals surface area contributed by atoms with E-state index in [9.17, 15) is 0 Å². The van der Waals surface area contributed by atoms with Crippen LogP contribution in [0.1, 0.15) is 53.9 Å². The third-order valence-corrected chi connectivity index (χ3v) is 4.07. The number of piperazine rings is 1. The summed E-state index contributed by atoms with van der Waals surface area (Å²) in [4.78, 5) is 2.73. The number of hydrogen-bond acceptors (Lipinski definition) is 2. The van der Waals surface area contributed by atoms with Gasteiger partial charge in [-0.15, -0.1) is 0 Å². The fourth-order valence-electron chi connectivity index (χ4n) is 2.71. The molecule has 1 N–H and O–H groups in total. The summed E-state index contributed by atoms with van der Waals surface area (Å²) in [6.07, 6.45) is 4.01. The molecule has 0 bridgehead atoms. The van der Waals surface area contributed by atoms with Crippen molar-refractivity contribution in [3.8, 4) is 0 Å². The molecule has 17 heavy (non-hydrogen) atoms. The van der Waals surface area contributed by atoms with Crippen LogP contribution < -0.4 is 5.32 Å². The lowest BCUT2D eigenvalue weighted by Crippen LogP contribution is -2.58. The molecule has 0 amide bonds. The van der Waals surface area contributed by atoms with Crippen molar-refractivity contribution in [2.24, 2.45) is 11.8 Å². The fourth-order valence-corrected chi connectivity index (χ4v) is 2.71. The van der Waals surface area contributed by atoms with Crippen LogP contribution in [0.15, 0.2) is 0 Å². The van der Waals surface area contributed by atoms with Crippen LogP contribution in [0, 0.1) is 11.8 Å². The third kappa shape index (κ3) is 4.97. The van der Waals surface area contributed by atoms with Gasteiger partial charge in [0.25, 0.3) is 0 Å². The van der Waals surface area contributed by atoms with Crippen LogP contribution in [0.5, 0.6) is 0 Å². The average molecular weight is 240 g/mol. The summed E-state index contributed by atoms with van der Waals surface area (Å²) < 4.78 is 0. The first kappa shape index (κ1) is 15.0. The zero-order chi connectivity index (χ0) is 12.8. The molecular weight excluding hydrogens is 208 g/mol. The fraction of sp³-hybridized carbons (Fsp3) is 1.00. The molecule has 0 saturated carbocycles. The lowest BCUT2D eigenvalue weighted by atomic mass is 9.97. The molecule has 0 aromatic heterocycles. The summed E-state index contributed by atoms with van der Waals surface area (Å²) in [5.41, 5.74) is 0. The number of nitrogens with one attached hydrogen (secondary N) is 1. The summed E-state index contributed by atoms with van der Waals surface area (Å²) in [5.74, 6) is 1.60. The highest BCUT2D eigenvalue weighted by Gasteiger charge is 2.27. The SMILES string of the molecule is CCC1CNC(C(C)C)CN1CCCC(C)C. The Labute approximate surface area is 108 Å². The maximum Gasteiger partial charge on any atom is 0.0218 e. The average Bonchev–Trinajstić information content (AvgIpc) is 2.28. The van der Waals surface area contributed by atoms with Crippen molar-refractivity contribution in [3.05, 3.63) is 0 Å². The van der Waals surface area contributed by atoms with Crippen LogP contribution in [-0.4, -0.2) is 36.6 Å². The molecule has 2 heteroatoms. The Morgan fingerprint density at radius 2 is 1.94 bits per heavy atom. The van der Waals surface area contributed by atoms with Crippen molar-refractivity contribution in [2.45, 2.75) is 66.0 Å². The highest BCUT2D eigenvalue weighted by molar-refractivity contribution is 4.86. The van der Waals surface area contributed by atoms with E-state index in [1.165, 1.54) is 38.9 Å². The first-order valence-corrected chi connectivity index (χ1v) is 7.52. The predicted molar refractivity (Wildman–Crippen MR) is 76.4 cm³/mol. The van der Waals surface area contributed by atoms with Crippen LogP contribution in [0.4, 0.5) is 0 Å². The number of rotatable bonds is 6. The molecule has 0 radical (unpaired) electrons. The highest BCUT2D eigenvalue weighted by Crippen LogP contribution is 2.16. The maximum absolute atomic E-state index is 3.71. The molecule has 1 rings (SSSR count). The standard InChI is InChI=1S/C15H32N2/c1-6-14-10-16-15(13(4)5)11-17(14)9-7-8-12(2)3/h12-16H,6-11H2,1-5H3. The van der Waals surface area contributed by atoms with Crippen molar-refractivity contribution in [3.63, 3.8) is 0 Å². The Morgan fingerprint density at radius 1 is 1.24 bits per heavy atom. The van der Waals surface area contributed by atoms with E-state index in [0.29, 0.717) is 6.04 Å². The maximum atomic E-state index is 3.71. The van der Waals surface area contributed by atoms with E-state index >= 15 is 0 Å². The van der Waals surface area contributed by atoms with Crippen LogP contribution in [0.3, 0.4) is 0 Å². The lowest BCUT2D eigenvalue weighted by Gasteiger charge is -2.41. The highest BCUT2D eigenvalue weighted by atomic mass is 15.2. The Morgan fingerprint density at radius 3 is 2.47 bits per heavy atom. The van der Waals surface area contributed by atoms with Gasteiger partial charge in [0.1, 0.15) is 0 Å². The van der Waals surface area contributed by atoms with Crippen LogP contribution in [0.25, 0.3) is 0 Å². The minimum atomic E-state index is 0.692. The lowest BCUT2D eigenvalue weighted by molar-refractivity contribution is 0.107. The molecule has 0 aliphatic carbocycles. The number of nitrogens with zero attached hydrogens (tertiary/aromatic N) is 1. The van der Waals surface area contributed by atoms with Crippen molar-refractivity contribution in [1.29, 1.82) is 0 Å². The van der Waals surface area contributed by atoms with Crippen molar-refractivity contribution in [1.82, 2.24) is 10.2 Å². The topological polar surface area (TPSA) is 15.3 Å². The van der Waals surface area contributed by atoms with Gasteiger partial charge in [-0.2, -0.15) is 0 Å². The molecule has 1 aliphatic rings. The van der Waals surface area contributed by atoms with Gasteiger partial charge in [0.05, 0.1) is 0 Å². The minimum absolute atomic E-state index is 0.692. The van der Waals surface area contributed by atoms with Gasteiger partial charge in [0.15, 0.2) is 0 Å². The number of hydrogen-bond donors (Lipinski definition) is 1. The largest absolute Gasteiger partial charge is 0.311 e. The van der Waals surface area contributed by atoms with Gasteiger partial charge in [0.2, 0.25) is 0 Å². The van der Waals surface area contributed by atoms with Gasteiger partial charge in [-0.25, -0.2) is 0 Å². The molecule has 2 nitrogen and oxygen atoms in total. The van der Waals surface area contributed by atoms with E-state index in [-0.39, 0.29) is 0 Å². The van der Waals surface area contributed by atoms with Gasteiger partial charge < -0.3 is 5.32 Å². The van der Waals surface area contributed by atoms with Gasteiger partial charge in [0, 0.05) is 25.2 Å². The van der Waals surface area contributed by atoms with E-state index in [1.54, 1.807) is 0 Å². The summed E-state index contributed by atoms with van der Waals surface area (Å²) in [6.45, 7) is 15.3. The molecule has 1 saturated heterocycles. The summed E-state index contributed by atoms with van der Waals surface area (Å²) >= 11 is 0.